The van der Waals surface area contributed by atoms with E-state index in [-0.39, 0.29) is 17.3 Å². The summed E-state index contributed by atoms with van der Waals surface area (Å²) in [7, 11) is 0. The Morgan fingerprint density at radius 1 is 1.00 bits per heavy atom. The summed E-state index contributed by atoms with van der Waals surface area (Å²) in [6.07, 6.45) is 1.28. The molecular weight excluding hydrogens is 342 g/mol. The largest absolute Gasteiger partial charge is 0.360 e. The minimum Gasteiger partial charge on any atom is -0.360 e. The molecule has 0 atom stereocenters. The molecule has 126 valence electrons. The zero-order valence-corrected chi connectivity index (χ0v) is 13.8. The summed E-state index contributed by atoms with van der Waals surface area (Å²) in [5.74, 6) is 0.262. The molecule has 0 aliphatic rings. The second-order valence-corrected chi connectivity index (χ2v) is 5.58. The third-order valence-corrected chi connectivity index (χ3v) is 3.67. The van der Waals surface area contributed by atoms with E-state index in [9.17, 15) is 10.1 Å². The van der Waals surface area contributed by atoms with Crippen molar-refractivity contribution in [2.24, 2.45) is 0 Å². The van der Waals surface area contributed by atoms with Crippen molar-refractivity contribution in [2.75, 3.05) is 10.6 Å². The maximum atomic E-state index is 11.5. The highest BCUT2D eigenvalue weighted by atomic mass is 35.5. The van der Waals surface area contributed by atoms with E-state index in [1.807, 2.05) is 30.3 Å². The van der Waals surface area contributed by atoms with Crippen molar-refractivity contribution in [3.8, 4) is 0 Å². The van der Waals surface area contributed by atoms with Gasteiger partial charge in [-0.1, -0.05) is 41.9 Å². The smallest absolute Gasteiger partial charge is 0.353 e. The summed E-state index contributed by atoms with van der Waals surface area (Å²) in [6.45, 7) is 0.416. The average molecular weight is 356 g/mol. The van der Waals surface area contributed by atoms with Crippen molar-refractivity contribution in [1.29, 1.82) is 0 Å². The minimum absolute atomic E-state index is 0.109. The molecule has 0 unspecified atom stereocenters. The summed E-state index contributed by atoms with van der Waals surface area (Å²) >= 11 is 5.85. The third kappa shape index (κ3) is 4.21. The topological polar surface area (TPSA) is 93.0 Å². The average Bonchev–Trinajstić information content (AvgIpc) is 2.62. The van der Waals surface area contributed by atoms with Crippen molar-refractivity contribution in [1.82, 2.24) is 9.97 Å². The second kappa shape index (κ2) is 7.59. The second-order valence-electron chi connectivity index (χ2n) is 5.15. The van der Waals surface area contributed by atoms with E-state index in [0.29, 0.717) is 17.3 Å². The van der Waals surface area contributed by atoms with E-state index >= 15 is 0 Å². The fourth-order valence-corrected chi connectivity index (χ4v) is 2.35. The van der Waals surface area contributed by atoms with Crippen molar-refractivity contribution in [3.05, 3.63) is 81.6 Å². The van der Waals surface area contributed by atoms with Crippen LogP contribution in [-0.2, 0) is 6.54 Å². The zero-order chi connectivity index (χ0) is 17.6. The van der Waals surface area contributed by atoms with E-state index in [1.165, 1.54) is 6.33 Å². The zero-order valence-electron chi connectivity index (χ0n) is 13.0. The number of nitrogens with one attached hydrogen (secondary N) is 2. The quantitative estimate of drug-likeness (QED) is 0.503. The Hall–Kier alpha value is -3.19. The first-order chi connectivity index (χ1) is 12.1. The highest BCUT2D eigenvalue weighted by molar-refractivity contribution is 6.30. The Kier molecular flexibility index (Phi) is 5.06. The highest BCUT2D eigenvalue weighted by Crippen LogP contribution is 2.31. The molecule has 0 bridgehead atoms. The van der Waals surface area contributed by atoms with Gasteiger partial charge in [0.1, 0.15) is 6.33 Å². The van der Waals surface area contributed by atoms with Gasteiger partial charge in [0.25, 0.3) is 0 Å². The molecule has 0 radical (unpaired) electrons. The van der Waals surface area contributed by atoms with Crippen LogP contribution in [0.15, 0.2) is 60.9 Å². The molecule has 7 nitrogen and oxygen atoms in total. The monoisotopic (exact) mass is 355 g/mol. The van der Waals surface area contributed by atoms with Gasteiger partial charge in [-0.3, -0.25) is 10.1 Å². The third-order valence-electron chi connectivity index (χ3n) is 3.41. The van der Waals surface area contributed by atoms with Crippen LogP contribution in [0.25, 0.3) is 0 Å². The lowest BCUT2D eigenvalue weighted by Crippen LogP contribution is -2.08. The summed E-state index contributed by atoms with van der Waals surface area (Å²) in [4.78, 5) is 19.0. The number of hydrogen-bond acceptors (Lipinski definition) is 6. The summed E-state index contributed by atoms with van der Waals surface area (Å²) < 4.78 is 0. The molecule has 0 saturated carbocycles. The SMILES string of the molecule is O=[N+]([O-])c1c(NCc2ccccc2)ncnc1Nc1ccc(Cl)cc1. The molecule has 0 saturated heterocycles. The molecule has 3 aromatic rings. The molecular formula is C17H14ClN5O2. The van der Waals surface area contributed by atoms with E-state index < -0.39 is 4.92 Å². The normalized spacial score (nSPS) is 10.3. The number of rotatable bonds is 6. The molecule has 1 aromatic heterocycles. The van der Waals surface area contributed by atoms with Crippen molar-refractivity contribution in [3.63, 3.8) is 0 Å². The fraction of sp³-hybridized carbons (Fsp3) is 0.0588. The fourth-order valence-electron chi connectivity index (χ4n) is 2.22. The first kappa shape index (κ1) is 16.7. The van der Waals surface area contributed by atoms with Crippen molar-refractivity contribution < 1.29 is 4.92 Å². The maximum Gasteiger partial charge on any atom is 0.353 e. The number of aromatic nitrogens is 2. The van der Waals surface area contributed by atoms with Crippen LogP contribution in [0.5, 0.6) is 0 Å². The molecule has 0 aliphatic heterocycles. The molecule has 2 N–H and O–H groups in total. The number of anilines is 3. The van der Waals surface area contributed by atoms with Gasteiger partial charge in [0.2, 0.25) is 11.6 Å². The van der Waals surface area contributed by atoms with Gasteiger partial charge in [-0.05, 0) is 29.8 Å². The van der Waals surface area contributed by atoms with Crippen LogP contribution in [-0.4, -0.2) is 14.9 Å². The lowest BCUT2D eigenvalue weighted by atomic mass is 10.2. The Balaban J connectivity index is 1.86. The van der Waals surface area contributed by atoms with Gasteiger partial charge in [-0.15, -0.1) is 0 Å². The molecule has 8 heteroatoms. The van der Waals surface area contributed by atoms with Crippen molar-refractivity contribution in [2.45, 2.75) is 6.54 Å². The summed E-state index contributed by atoms with van der Waals surface area (Å²) in [6, 6.07) is 16.4. The van der Waals surface area contributed by atoms with Crippen LogP contribution < -0.4 is 10.6 Å². The van der Waals surface area contributed by atoms with Crippen LogP contribution in [0.2, 0.25) is 5.02 Å². The van der Waals surface area contributed by atoms with Gasteiger partial charge in [0.05, 0.1) is 4.92 Å². The van der Waals surface area contributed by atoms with Crippen LogP contribution in [0.4, 0.5) is 23.0 Å². The summed E-state index contributed by atoms with van der Waals surface area (Å²) in [5.41, 5.74) is 1.41. The first-order valence-electron chi connectivity index (χ1n) is 7.43. The maximum absolute atomic E-state index is 11.5. The standard InChI is InChI=1S/C17H14ClN5O2/c18-13-6-8-14(9-7-13)22-17-15(23(24)25)16(20-11-21-17)19-10-12-4-2-1-3-5-12/h1-9,11H,10H2,(H2,19,20,21,22). The number of hydrogen-bond donors (Lipinski definition) is 2. The molecule has 0 fully saturated rings. The van der Waals surface area contributed by atoms with Crippen LogP contribution in [0.1, 0.15) is 5.56 Å². The van der Waals surface area contributed by atoms with E-state index in [2.05, 4.69) is 20.6 Å². The van der Waals surface area contributed by atoms with Crippen LogP contribution in [0.3, 0.4) is 0 Å². The number of nitro groups is 1. The summed E-state index contributed by atoms with van der Waals surface area (Å²) in [5, 5.41) is 18.0. The Bertz CT molecular complexity index is 872. The predicted molar refractivity (Wildman–Crippen MR) is 97.2 cm³/mol. The molecule has 25 heavy (non-hydrogen) atoms. The molecule has 3 rings (SSSR count). The molecule has 0 spiro atoms. The van der Waals surface area contributed by atoms with Crippen LogP contribution >= 0.6 is 11.6 Å². The van der Waals surface area contributed by atoms with E-state index in [1.54, 1.807) is 24.3 Å². The van der Waals surface area contributed by atoms with Gasteiger partial charge in [-0.2, -0.15) is 0 Å². The predicted octanol–water partition coefficient (Wildman–Crippen LogP) is 4.39. The Labute approximate surface area is 148 Å². The molecule has 0 aliphatic carbocycles. The van der Waals surface area contributed by atoms with Gasteiger partial charge in [0, 0.05) is 17.3 Å². The van der Waals surface area contributed by atoms with Gasteiger partial charge >= 0.3 is 5.69 Å². The van der Waals surface area contributed by atoms with Gasteiger partial charge in [0.15, 0.2) is 0 Å². The molecule has 2 aromatic carbocycles. The van der Waals surface area contributed by atoms with Gasteiger partial charge < -0.3 is 10.6 Å². The number of halogens is 1. The lowest BCUT2D eigenvalue weighted by Gasteiger charge is -2.10. The number of nitrogens with zero attached hydrogens (tertiary/aromatic N) is 3. The molecule has 1 heterocycles. The van der Waals surface area contributed by atoms with Crippen LogP contribution in [0, 0.1) is 10.1 Å². The van der Waals surface area contributed by atoms with Crippen molar-refractivity contribution >= 4 is 34.6 Å². The van der Waals surface area contributed by atoms with Gasteiger partial charge in [-0.25, -0.2) is 9.97 Å². The lowest BCUT2D eigenvalue weighted by molar-refractivity contribution is -0.383. The number of benzene rings is 2. The molecule has 0 amide bonds. The Morgan fingerprint density at radius 2 is 1.68 bits per heavy atom. The van der Waals surface area contributed by atoms with E-state index in [4.69, 9.17) is 11.6 Å². The Morgan fingerprint density at radius 3 is 2.36 bits per heavy atom. The van der Waals surface area contributed by atoms with E-state index in [0.717, 1.165) is 5.56 Å². The minimum atomic E-state index is -0.508. The highest BCUT2D eigenvalue weighted by Gasteiger charge is 2.23. The first-order valence-corrected chi connectivity index (χ1v) is 7.81.